The van der Waals surface area contributed by atoms with E-state index in [4.69, 9.17) is 2.69 Å². The Kier molecular flexibility index (Phi) is 8.55. The van der Waals surface area contributed by atoms with Crippen molar-refractivity contribution in [3.8, 4) is 5.75 Å². The molecule has 4 nitrogen and oxygen atoms in total. The summed E-state index contributed by atoms with van der Waals surface area (Å²) in [4.78, 5) is 10.8. The molecule has 0 N–H and O–H groups in total. The second-order valence-corrected chi connectivity index (χ2v) is 6.90. The summed E-state index contributed by atoms with van der Waals surface area (Å²) < 4.78 is 5.53. The summed E-state index contributed by atoms with van der Waals surface area (Å²) in [5, 5.41) is 11.1. The van der Waals surface area contributed by atoms with Gasteiger partial charge in [-0.1, -0.05) is 0 Å². The van der Waals surface area contributed by atoms with Crippen molar-refractivity contribution < 1.29 is 7.61 Å². The predicted octanol–water partition coefficient (Wildman–Crippen LogP) is 5.20. The Morgan fingerprint density at radius 2 is 1.96 bits per heavy atom. The first-order chi connectivity index (χ1) is 11.9. The standard InChI is InChI=1S/C20H27NO3.Tl/c1-6-16(10-12-18(7-2)21(23)24)20(8-3,9-4)17-11-13-19(22)15(5)14-17;/h6,10-14,22H,1,7-9H2,2-5H3;/q;+1/p-1/b16-10+,18-12+;. The van der Waals surface area contributed by atoms with E-state index in [-0.39, 0.29) is 16.0 Å². The van der Waals surface area contributed by atoms with E-state index in [1.54, 1.807) is 13.0 Å². The zero-order valence-electron chi connectivity index (χ0n) is 15.5. The van der Waals surface area contributed by atoms with Gasteiger partial charge in [0.15, 0.2) is 0 Å². The second-order valence-electron chi connectivity index (χ2n) is 5.98. The minimum atomic E-state index is -0.320. The molecule has 0 saturated carbocycles. The van der Waals surface area contributed by atoms with E-state index < -0.39 is 0 Å². The van der Waals surface area contributed by atoms with Crippen LogP contribution in [-0.4, -0.2) is 31.1 Å². The number of benzene rings is 1. The van der Waals surface area contributed by atoms with Crippen molar-refractivity contribution in [1.82, 2.24) is 0 Å². The fourth-order valence-corrected chi connectivity index (χ4v) is 4.26. The molecule has 0 aliphatic rings. The van der Waals surface area contributed by atoms with Gasteiger partial charge in [-0.15, -0.1) is 0 Å². The van der Waals surface area contributed by atoms with Crippen LogP contribution in [0, 0.1) is 17.0 Å². The first kappa shape index (κ1) is 21.6. The van der Waals surface area contributed by atoms with E-state index in [0.717, 1.165) is 29.7 Å². The minimum absolute atomic E-state index is 0.206. The molecule has 0 saturated heterocycles. The van der Waals surface area contributed by atoms with Crippen LogP contribution in [0.2, 0.25) is 0 Å². The summed E-state index contributed by atoms with van der Waals surface area (Å²) in [6, 6.07) is 6.29. The third-order valence-corrected chi connectivity index (χ3v) is 5.87. The van der Waals surface area contributed by atoms with Gasteiger partial charge in [0.05, 0.1) is 0 Å². The van der Waals surface area contributed by atoms with Crippen LogP contribution in [0.1, 0.15) is 51.2 Å². The molecule has 0 aliphatic heterocycles. The fourth-order valence-electron chi connectivity index (χ4n) is 3.23. The average molecular weight is 533 g/mol. The number of hydrogen-bond acceptors (Lipinski definition) is 3. The van der Waals surface area contributed by atoms with Crippen LogP contribution in [0.5, 0.6) is 5.75 Å². The summed E-state index contributed by atoms with van der Waals surface area (Å²) in [6.07, 6.45) is 7.46. The fraction of sp³-hybridized carbons (Fsp3) is 0.400. The molecule has 0 aliphatic carbocycles. The maximum atomic E-state index is 11.1. The summed E-state index contributed by atoms with van der Waals surface area (Å²) in [7, 11) is 0. The van der Waals surface area contributed by atoms with Gasteiger partial charge < -0.3 is 0 Å². The molecule has 1 aromatic rings. The van der Waals surface area contributed by atoms with Gasteiger partial charge in [0, 0.05) is 0 Å². The molecule has 1 rings (SSSR count). The number of nitrogens with zero attached hydrogens (tertiary/aromatic N) is 1. The molecule has 132 valence electrons. The summed E-state index contributed by atoms with van der Waals surface area (Å²) in [5.74, 6) is 0.931. The molecule has 5 heteroatoms. The van der Waals surface area contributed by atoms with Crippen LogP contribution in [-0.2, 0) is 5.41 Å². The molecule has 1 aromatic carbocycles. The Morgan fingerprint density at radius 1 is 1.32 bits per heavy atom. The van der Waals surface area contributed by atoms with Crippen molar-refractivity contribution in [2.45, 2.75) is 52.4 Å². The van der Waals surface area contributed by atoms with Crippen LogP contribution >= 0.6 is 0 Å². The number of rotatable bonds is 9. The van der Waals surface area contributed by atoms with Gasteiger partial charge in [-0.2, -0.15) is 0 Å². The van der Waals surface area contributed by atoms with E-state index in [1.165, 1.54) is 5.56 Å². The first-order valence-electron chi connectivity index (χ1n) is 8.56. The molecular formula is C20H26NO3Tl. The van der Waals surface area contributed by atoms with E-state index in [2.05, 4.69) is 39.5 Å². The zero-order valence-corrected chi connectivity index (χ0v) is 20.0. The van der Waals surface area contributed by atoms with E-state index in [0.29, 0.717) is 32.6 Å². The summed E-state index contributed by atoms with van der Waals surface area (Å²) >= 11 is 0.458. The molecule has 0 amide bonds. The molecule has 0 heterocycles. The topological polar surface area (TPSA) is 52.4 Å². The number of aryl methyl sites for hydroxylation is 1. The molecule has 0 spiro atoms. The Hall–Kier alpha value is -1.44. The Morgan fingerprint density at radius 3 is 2.36 bits per heavy atom. The normalized spacial score (nSPS) is 12.8. The molecule has 0 aromatic heterocycles. The van der Waals surface area contributed by atoms with Crippen LogP contribution in [0.15, 0.2) is 54.3 Å². The monoisotopic (exact) mass is 533 g/mol. The van der Waals surface area contributed by atoms with Crippen LogP contribution in [0.3, 0.4) is 0 Å². The molecule has 25 heavy (non-hydrogen) atoms. The van der Waals surface area contributed by atoms with Gasteiger partial charge >= 0.3 is 167 Å². The van der Waals surface area contributed by atoms with Gasteiger partial charge in [-0.3, -0.25) is 0 Å². The summed E-state index contributed by atoms with van der Waals surface area (Å²) in [6.45, 7) is 12.1. The van der Waals surface area contributed by atoms with E-state index >= 15 is 0 Å². The third kappa shape index (κ3) is 4.80. The van der Waals surface area contributed by atoms with Crippen molar-refractivity contribution >= 4 is 26.2 Å². The van der Waals surface area contributed by atoms with Crippen LogP contribution < -0.4 is 2.69 Å². The van der Waals surface area contributed by atoms with Gasteiger partial charge in [-0.25, -0.2) is 0 Å². The van der Waals surface area contributed by atoms with Crippen LogP contribution in [0.25, 0.3) is 0 Å². The van der Waals surface area contributed by atoms with Crippen molar-refractivity contribution in [2.24, 2.45) is 0 Å². The first-order valence-corrected chi connectivity index (χ1v) is 10.4. The maximum absolute atomic E-state index is 11.1. The van der Waals surface area contributed by atoms with Crippen molar-refractivity contribution in [3.05, 3.63) is 75.5 Å². The van der Waals surface area contributed by atoms with Crippen molar-refractivity contribution in [3.63, 3.8) is 0 Å². The van der Waals surface area contributed by atoms with Gasteiger partial charge in [0.2, 0.25) is 0 Å². The number of nitro groups is 1. The van der Waals surface area contributed by atoms with Crippen molar-refractivity contribution in [2.75, 3.05) is 0 Å². The quantitative estimate of drug-likeness (QED) is 0.190. The SMILES string of the molecule is C=C/C(=C\C=C(/CC)[N+](=O)[O-])C(CC)(CC)c1ccc([O][Tl])c(C)c1. The van der Waals surface area contributed by atoms with Crippen molar-refractivity contribution in [1.29, 1.82) is 0 Å². The molecule has 0 atom stereocenters. The Balaban J connectivity index is 3.51. The van der Waals surface area contributed by atoms with E-state index in [1.807, 2.05) is 18.2 Å². The number of allylic oxidation sites excluding steroid dienone is 5. The Labute approximate surface area is 167 Å². The van der Waals surface area contributed by atoms with Crippen LogP contribution in [0.4, 0.5) is 0 Å². The molecular weight excluding hydrogens is 507 g/mol. The molecule has 0 bridgehead atoms. The van der Waals surface area contributed by atoms with Gasteiger partial charge in [-0.05, 0) is 0 Å². The molecule has 0 radical (unpaired) electrons. The predicted molar refractivity (Wildman–Crippen MR) is 103 cm³/mol. The van der Waals surface area contributed by atoms with E-state index in [9.17, 15) is 10.1 Å². The molecule has 0 unspecified atom stereocenters. The second kappa shape index (κ2) is 9.89. The van der Waals surface area contributed by atoms with Gasteiger partial charge in [0.25, 0.3) is 0 Å². The number of hydrogen-bond donors (Lipinski definition) is 0. The zero-order chi connectivity index (χ0) is 19.0. The molecule has 0 fully saturated rings. The Bertz CT molecular complexity index is 688. The van der Waals surface area contributed by atoms with Gasteiger partial charge in [0.1, 0.15) is 0 Å². The average Bonchev–Trinajstić information content (AvgIpc) is 2.61. The third-order valence-electron chi connectivity index (χ3n) is 4.89. The summed E-state index contributed by atoms with van der Waals surface area (Å²) in [5.41, 5.74) is 3.30.